The van der Waals surface area contributed by atoms with Crippen LogP contribution in [0.4, 0.5) is 0 Å². The first kappa shape index (κ1) is 17.3. The Hall–Kier alpha value is 0.920. The molecule has 0 aliphatic carbocycles. The zero-order valence-electron chi connectivity index (χ0n) is 10.1. The summed E-state index contributed by atoms with van der Waals surface area (Å²) in [5.41, 5.74) is 5.29. The summed E-state index contributed by atoms with van der Waals surface area (Å²) in [5.74, 6) is 0. The van der Waals surface area contributed by atoms with Crippen molar-refractivity contribution in [2.75, 3.05) is 0 Å². The van der Waals surface area contributed by atoms with E-state index in [0.717, 1.165) is 6.42 Å². The first-order valence-electron chi connectivity index (χ1n) is 5.36. The molecule has 0 saturated carbocycles. The highest BCUT2D eigenvalue weighted by Gasteiger charge is 2.24. The molecule has 3 atom stereocenters. The molecule has 0 aliphatic heterocycles. The van der Waals surface area contributed by atoms with Gasteiger partial charge in [-0.05, 0) is 26.7 Å². The van der Waals surface area contributed by atoms with E-state index in [1.165, 1.54) is 12.8 Å². The molecule has 14 heavy (non-hydrogen) atoms. The summed E-state index contributed by atoms with van der Waals surface area (Å²) in [5, 5.41) is 0. The zero-order valence-corrected chi connectivity index (χ0v) is 13.3. The van der Waals surface area contributed by atoms with E-state index >= 15 is 0 Å². The van der Waals surface area contributed by atoms with Crippen LogP contribution < -0.4 is 5.73 Å². The third-order valence-electron chi connectivity index (χ3n) is 2.21. The predicted molar refractivity (Wildman–Crippen MR) is 74.6 cm³/mol. The highest BCUT2D eigenvalue weighted by atomic mass is 79.9. The Bertz CT molecular complexity index is 122. The Morgan fingerprint density at radius 2 is 1.64 bits per heavy atom. The van der Waals surface area contributed by atoms with Crippen LogP contribution in [-0.4, -0.2) is 15.2 Å². The molecule has 0 fully saturated rings. The first-order chi connectivity index (χ1) is 6.27. The van der Waals surface area contributed by atoms with E-state index in [2.05, 4.69) is 59.6 Å². The summed E-state index contributed by atoms with van der Waals surface area (Å²) in [6.07, 6.45) is 3.54. The standard InChI is InChI=1S/C7H14Br2.C4H11N/c1-4-5-7(3,9)6(2)8;1-3-4(2)5/h6H,4-5H2,1-3H3;4H,3,5H2,1-2H3. The van der Waals surface area contributed by atoms with Gasteiger partial charge in [-0.25, -0.2) is 0 Å². The van der Waals surface area contributed by atoms with Crippen LogP contribution >= 0.6 is 31.9 Å². The Kier molecular flexibility index (Phi) is 11.3. The van der Waals surface area contributed by atoms with Crippen molar-refractivity contribution in [2.24, 2.45) is 5.73 Å². The molecule has 0 spiro atoms. The lowest BCUT2D eigenvalue weighted by Crippen LogP contribution is -2.25. The molecule has 0 aromatic heterocycles. The topological polar surface area (TPSA) is 26.0 Å². The number of rotatable bonds is 4. The fraction of sp³-hybridized carbons (Fsp3) is 1.00. The van der Waals surface area contributed by atoms with Crippen molar-refractivity contribution in [2.45, 2.75) is 69.1 Å². The molecule has 88 valence electrons. The third kappa shape index (κ3) is 11.0. The van der Waals surface area contributed by atoms with Gasteiger partial charge < -0.3 is 5.73 Å². The van der Waals surface area contributed by atoms with Crippen LogP contribution in [0.15, 0.2) is 0 Å². The van der Waals surface area contributed by atoms with Gasteiger partial charge in [0.05, 0.1) is 0 Å². The smallest absolute Gasteiger partial charge is 0.0351 e. The van der Waals surface area contributed by atoms with Gasteiger partial charge in [0.1, 0.15) is 0 Å². The predicted octanol–water partition coefficient (Wildman–Crippen LogP) is 4.47. The number of nitrogens with two attached hydrogens (primary N) is 1. The van der Waals surface area contributed by atoms with E-state index in [0.29, 0.717) is 10.9 Å². The minimum absolute atomic E-state index is 0.280. The summed E-state index contributed by atoms with van der Waals surface area (Å²) in [6.45, 7) is 10.7. The van der Waals surface area contributed by atoms with Crippen molar-refractivity contribution >= 4 is 31.9 Å². The molecule has 3 heteroatoms. The number of hydrogen-bond donors (Lipinski definition) is 1. The third-order valence-corrected chi connectivity index (χ3v) is 4.92. The summed E-state index contributed by atoms with van der Waals surface area (Å²) >= 11 is 7.21. The van der Waals surface area contributed by atoms with Gasteiger partial charge >= 0.3 is 0 Å². The minimum Gasteiger partial charge on any atom is -0.328 e. The SMILES string of the molecule is CCC(C)N.CCCC(C)(Br)C(C)Br. The molecular weight excluding hydrogens is 306 g/mol. The van der Waals surface area contributed by atoms with Crippen LogP contribution in [0.3, 0.4) is 0 Å². The first-order valence-corrected chi connectivity index (χ1v) is 7.07. The Balaban J connectivity index is 0. The monoisotopic (exact) mass is 329 g/mol. The van der Waals surface area contributed by atoms with Crippen LogP contribution in [0.1, 0.15) is 53.9 Å². The fourth-order valence-corrected chi connectivity index (χ4v) is 1.31. The van der Waals surface area contributed by atoms with Gasteiger partial charge in [-0.3, -0.25) is 0 Å². The molecule has 0 aromatic rings. The second-order valence-corrected chi connectivity index (χ2v) is 7.21. The van der Waals surface area contributed by atoms with Gasteiger partial charge in [0, 0.05) is 15.2 Å². The Morgan fingerprint density at radius 3 is 1.71 bits per heavy atom. The molecule has 2 N–H and O–H groups in total. The Morgan fingerprint density at radius 1 is 1.29 bits per heavy atom. The molecule has 0 rings (SSSR count). The van der Waals surface area contributed by atoms with E-state index in [-0.39, 0.29) is 4.32 Å². The van der Waals surface area contributed by atoms with Crippen LogP contribution in [0, 0.1) is 0 Å². The lowest BCUT2D eigenvalue weighted by Gasteiger charge is -2.24. The van der Waals surface area contributed by atoms with E-state index < -0.39 is 0 Å². The lowest BCUT2D eigenvalue weighted by atomic mass is 10.0. The summed E-state index contributed by atoms with van der Waals surface area (Å²) < 4.78 is 0.280. The van der Waals surface area contributed by atoms with Gasteiger partial charge in [-0.15, -0.1) is 0 Å². The molecule has 3 unspecified atom stereocenters. The molecule has 1 nitrogen and oxygen atoms in total. The number of halogens is 2. The van der Waals surface area contributed by atoms with Crippen molar-refractivity contribution < 1.29 is 0 Å². The second kappa shape index (κ2) is 9.17. The molecule has 0 bridgehead atoms. The quantitative estimate of drug-likeness (QED) is 0.756. The molecule has 0 heterocycles. The van der Waals surface area contributed by atoms with Crippen LogP contribution in [-0.2, 0) is 0 Å². The maximum atomic E-state index is 5.29. The average molecular weight is 331 g/mol. The number of hydrogen-bond acceptors (Lipinski definition) is 1. The summed E-state index contributed by atoms with van der Waals surface area (Å²) in [7, 11) is 0. The molecule has 0 aliphatic rings. The van der Waals surface area contributed by atoms with Gasteiger partial charge in [0.2, 0.25) is 0 Å². The minimum atomic E-state index is 0.280. The van der Waals surface area contributed by atoms with Crippen molar-refractivity contribution in [1.29, 1.82) is 0 Å². The zero-order chi connectivity index (χ0) is 11.8. The van der Waals surface area contributed by atoms with E-state index in [4.69, 9.17) is 5.73 Å². The average Bonchev–Trinajstić information content (AvgIpc) is 2.05. The van der Waals surface area contributed by atoms with E-state index in [1.54, 1.807) is 0 Å². The van der Waals surface area contributed by atoms with Gasteiger partial charge in [-0.2, -0.15) is 0 Å². The van der Waals surface area contributed by atoms with Crippen LogP contribution in [0.25, 0.3) is 0 Å². The van der Waals surface area contributed by atoms with Crippen molar-refractivity contribution in [3.63, 3.8) is 0 Å². The maximum absolute atomic E-state index is 5.29. The van der Waals surface area contributed by atoms with Crippen LogP contribution in [0.5, 0.6) is 0 Å². The van der Waals surface area contributed by atoms with Gasteiger partial charge in [0.25, 0.3) is 0 Å². The van der Waals surface area contributed by atoms with Crippen molar-refractivity contribution in [3.05, 3.63) is 0 Å². The molecular formula is C11H25Br2N. The van der Waals surface area contributed by atoms with Crippen molar-refractivity contribution in [3.8, 4) is 0 Å². The summed E-state index contributed by atoms with van der Waals surface area (Å²) in [4.78, 5) is 0.546. The molecule has 0 amide bonds. The largest absolute Gasteiger partial charge is 0.328 e. The number of alkyl halides is 2. The van der Waals surface area contributed by atoms with Crippen LogP contribution in [0.2, 0.25) is 0 Å². The highest BCUT2D eigenvalue weighted by Crippen LogP contribution is 2.31. The lowest BCUT2D eigenvalue weighted by molar-refractivity contribution is 0.589. The Labute approximate surface area is 106 Å². The maximum Gasteiger partial charge on any atom is 0.0351 e. The second-order valence-electron chi connectivity index (χ2n) is 4.03. The molecule has 0 aromatic carbocycles. The normalized spacial score (nSPS) is 18.9. The van der Waals surface area contributed by atoms with Crippen molar-refractivity contribution in [1.82, 2.24) is 0 Å². The summed E-state index contributed by atoms with van der Waals surface area (Å²) in [6, 6.07) is 0.384. The van der Waals surface area contributed by atoms with Gasteiger partial charge in [-0.1, -0.05) is 59.1 Å². The van der Waals surface area contributed by atoms with Gasteiger partial charge in [0.15, 0.2) is 0 Å². The molecule has 0 radical (unpaired) electrons. The fourth-order valence-electron chi connectivity index (χ4n) is 0.688. The van der Waals surface area contributed by atoms with E-state index in [9.17, 15) is 0 Å². The molecule has 0 saturated heterocycles. The highest BCUT2D eigenvalue weighted by molar-refractivity contribution is 9.12. The van der Waals surface area contributed by atoms with E-state index in [1.807, 2.05) is 6.92 Å².